The molecule has 2 saturated heterocycles. The van der Waals surface area contributed by atoms with E-state index in [1.165, 1.54) is 0 Å². The van der Waals surface area contributed by atoms with Crippen LogP contribution in [0, 0.1) is 19.3 Å². The number of aryl methyl sites for hydroxylation is 2. The highest BCUT2D eigenvalue weighted by Gasteiger charge is 2.69. The van der Waals surface area contributed by atoms with Crippen LogP contribution in [0.4, 0.5) is 4.79 Å². The van der Waals surface area contributed by atoms with Crippen molar-refractivity contribution in [2.24, 2.45) is 5.41 Å². The van der Waals surface area contributed by atoms with Gasteiger partial charge in [-0.2, -0.15) is 0 Å². The molecule has 2 amide bonds. The number of urea groups is 1. The first-order valence-electron chi connectivity index (χ1n) is 11.5. The number of esters is 2. The van der Waals surface area contributed by atoms with Crippen LogP contribution < -0.4 is 10.6 Å². The number of amides is 2. The van der Waals surface area contributed by atoms with Gasteiger partial charge < -0.3 is 20.1 Å². The fourth-order valence-corrected chi connectivity index (χ4v) is 5.29. The predicted octanol–water partition coefficient (Wildman–Crippen LogP) is 4.15. The molecule has 3 aliphatic rings. The Balaban J connectivity index is 1.66. The van der Waals surface area contributed by atoms with Crippen molar-refractivity contribution >= 4 is 18.0 Å². The van der Waals surface area contributed by atoms with Crippen LogP contribution >= 0.6 is 0 Å². The average Bonchev–Trinajstić information content (AvgIpc) is 2.79. The summed E-state index contributed by atoms with van der Waals surface area (Å²) in [5.74, 6) is -2.54. The maximum absolute atomic E-state index is 13.9. The Morgan fingerprint density at radius 1 is 0.697 bits per heavy atom. The van der Waals surface area contributed by atoms with Gasteiger partial charge in [0, 0.05) is 12.8 Å². The molecule has 0 bridgehead atoms. The summed E-state index contributed by atoms with van der Waals surface area (Å²) in [6, 6.07) is 12.5. The van der Waals surface area contributed by atoms with Crippen LogP contribution in [0.15, 0.2) is 48.5 Å². The summed E-state index contributed by atoms with van der Waals surface area (Å²) in [6.07, 6.45) is 3.64. The number of benzene rings is 2. The molecule has 2 aliphatic heterocycles. The third kappa shape index (κ3) is 3.46. The summed E-state index contributed by atoms with van der Waals surface area (Å²) >= 11 is 0. The van der Waals surface area contributed by atoms with E-state index in [4.69, 9.17) is 9.47 Å². The van der Waals surface area contributed by atoms with Crippen molar-refractivity contribution in [2.75, 3.05) is 0 Å². The van der Waals surface area contributed by atoms with Crippen molar-refractivity contribution in [1.29, 1.82) is 0 Å². The van der Waals surface area contributed by atoms with Crippen molar-refractivity contribution in [3.8, 4) is 0 Å². The van der Waals surface area contributed by atoms with Crippen LogP contribution in [0.5, 0.6) is 0 Å². The largest absolute Gasteiger partial charge is 0.421 e. The van der Waals surface area contributed by atoms with Gasteiger partial charge in [0.2, 0.25) is 5.41 Å². The topological polar surface area (TPSA) is 93.7 Å². The Kier molecular flexibility index (Phi) is 5.15. The van der Waals surface area contributed by atoms with Gasteiger partial charge in [0.1, 0.15) is 0 Å². The van der Waals surface area contributed by atoms with Crippen LogP contribution in [0.1, 0.15) is 66.4 Å². The van der Waals surface area contributed by atoms with Crippen LogP contribution in [0.3, 0.4) is 0 Å². The number of hydrogen-bond acceptors (Lipinski definition) is 5. The van der Waals surface area contributed by atoms with E-state index in [2.05, 4.69) is 10.6 Å². The van der Waals surface area contributed by atoms with Crippen LogP contribution in [-0.4, -0.2) is 23.8 Å². The fraction of sp³-hybridized carbons (Fsp3) is 0.423. The molecule has 33 heavy (non-hydrogen) atoms. The van der Waals surface area contributed by atoms with E-state index in [-0.39, 0.29) is 0 Å². The monoisotopic (exact) mass is 448 g/mol. The van der Waals surface area contributed by atoms with Gasteiger partial charge in [-0.25, -0.2) is 4.79 Å². The van der Waals surface area contributed by atoms with E-state index in [9.17, 15) is 14.4 Å². The number of ether oxygens (including phenoxy) is 2. The van der Waals surface area contributed by atoms with E-state index < -0.39 is 41.3 Å². The Hall–Kier alpha value is -3.35. The average molecular weight is 449 g/mol. The number of hydrogen-bond donors (Lipinski definition) is 2. The van der Waals surface area contributed by atoms with Gasteiger partial charge in [-0.1, -0.05) is 66.1 Å². The van der Waals surface area contributed by atoms with Crippen LogP contribution in [-0.2, 0) is 19.1 Å². The molecule has 2 N–H and O–H groups in total. The van der Waals surface area contributed by atoms with Crippen molar-refractivity contribution in [2.45, 2.75) is 63.8 Å². The molecule has 172 valence electrons. The lowest BCUT2D eigenvalue weighted by Crippen LogP contribution is -2.69. The molecule has 0 aromatic heterocycles. The van der Waals surface area contributed by atoms with Gasteiger partial charge in [-0.3, -0.25) is 9.59 Å². The lowest BCUT2D eigenvalue weighted by Gasteiger charge is -2.52. The first kappa shape index (κ1) is 21.5. The number of carbonyl (C=O) groups excluding carboxylic acids is 3. The lowest BCUT2D eigenvalue weighted by atomic mass is 9.66. The molecule has 2 heterocycles. The molecular weight excluding hydrogens is 420 g/mol. The van der Waals surface area contributed by atoms with Gasteiger partial charge in [0.25, 0.3) is 5.79 Å². The molecule has 5 rings (SSSR count). The Morgan fingerprint density at radius 2 is 1.12 bits per heavy atom. The highest BCUT2D eigenvalue weighted by atomic mass is 16.7. The second-order valence-electron chi connectivity index (χ2n) is 9.42. The maximum atomic E-state index is 13.9. The lowest BCUT2D eigenvalue weighted by molar-refractivity contribution is -0.276. The molecule has 2 aromatic rings. The van der Waals surface area contributed by atoms with E-state index in [0.717, 1.165) is 30.4 Å². The molecule has 3 fully saturated rings. The summed E-state index contributed by atoms with van der Waals surface area (Å²) in [5.41, 5.74) is 1.53. The van der Waals surface area contributed by atoms with Crippen LogP contribution in [0.2, 0.25) is 0 Å². The third-order valence-electron chi connectivity index (χ3n) is 7.13. The summed E-state index contributed by atoms with van der Waals surface area (Å²) in [5, 5.41) is 5.65. The number of nitrogens with one attached hydrogen (secondary N) is 2. The first-order valence-corrected chi connectivity index (χ1v) is 11.5. The molecule has 1 aliphatic carbocycles. The molecule has 2 aromatic carbocycles. The highest BCUT2D eigenvalue weighted by molar-refractivity contribution is 6.05. The normalized spacial score (nSPS) is 25.7. The highest BCUT2D eigenvalue weighted by Crippen LogP contribution is 2.53. The summed E-state index contributed by atoms with van der Waals surface area (Å²) < 4.78 is 12.0. The summed E-state index contributed by atoms with van der Waals surface area (Å²) in [4.78, 5) is 40.7. The maximum Gasteiger partial charge on any atom is 0.331 e. The van der Waals surface area contributed by atoms with Crippen molar-refractivity contribution in [1.82, 2.24) is 10.6 Å². The van der Waals surface area contributed by atoms with Gasteiger partial charge >= 0.3 is 18.0 Å². The first-order chi connectivity index (χ1) is 15.8. The zero-order chi connectivity index (χ0) is 23.2. The van der Waals surface area contributed by atoms with Gasteiger partial charge in [-0.05, 0) is 37.8 Å². The van der Waals surface area contributed by atoms with Crippen molar-refractivity contribution in [3.05, 3.63) is 70.8 Å². The molecule has 2 atom stereocenters. The number of carbonyl (C=O) groups is 3. The smallest absolute Gasteiger partial charge is 0.331 e. The molecule has 2 spiro atoms. The summed E-state index contributed by atoms with van der Waals surface area (Å²) in [6.45, 7) is 3.90. The minimum atomic E-state index is -1.80. The zero-order valence-corrected chi connectivity index (χ0v) is 18.9. The van der Waals surface area contributed by atoms with Gasteiger partial charge in [0.15, 0.2) is 0 Å². The Bertz CT molecular complexity index is 1010. The van der Waals surface area contributed by atoms with Crippen molar-refractivity contribution < 1.29 is 23.9 Å². The SMILES string of the molecule is Cc1ccc([C@H]2NC(=O)N[C@@H](c3ccc(C)cc3)C23C(=O)OC2(CCCCC2)OC3=O)cc1. The molecule has 0 radical (unpaired) electrons. The van der Waals surface area contributed by atoms with Gasteiger partial charge in [-0.15, -0.1) is 0 Å². The predicted molar refractivity (Wildman–Crippen MR) is 120 cm³/mol. The molecule has 1 saturated carbocycles. The van der Waals surface area contributed by atoms with Gasteiger partial charge in [0.05, 0.1) is 12.1 Å². The second kappa shape index (κ2) is 7.90. The summed E-state index contributed by atoms with van der Waals surface area (Å²) in [7, 11) is 0. The van der Waals surface area contributed by atoms with E-state index in [0.29, 0.717) is 24.0 Å². The molecular formula is C26H28N2O5. The molecule has 0 unspecified atom stereocenters. The quantitative estimate of drug-likeness (QED) is 0.532. The Labute approximate surface area is 192 Å². The minimum Gasteiger partial charge on any atom is -0.421 e. The van der Waals surface area contributed by atoms with E-state index >= 15 is 0 Å². The standard InChI is InChI=1S/C26H28N2O5/c1-16-6-10-18(11-7-16)20-26(21(28-24(31)27-20)19-12-8-17(2)9-13-19)22(29)32-25(33-23(26)30)14-4-3-5-15-25/h6-13,20-21H,3-5,14-15H2,1-2H3,(H2,27,28,31)/t20-,21+. The third-order valence-corrected chi connectivity index (χ3v) is 7.13. The van der Waals surface area contributed by atoms with Crippen LogP contribution in [0.25, 0.3) is 0 Å². The van der Waals surface area contributed by atoms with E-state index in [1.807, 2.05) is 62.4 Å². The number of rotatable bonds is 2. The zero-order valence-electron chi connectivity index (χ0n) is 18.9. The van der Waals surface area contributed by atoms with Crippen molar-refractivity contribution in [3.63, 3.8) is 0 Å². The molecule has 7 heteroatoms. The minimum absolute atomic E-state index is 0.463. The van der Waals surface area contributed by atoms with E-state index in [1.54, 1.807) is 0 Å². The second-order valence-corrected chi connectivity index (χ2v) is 9.42. The molecule has 7 nitrogen and oxygen atoms in total. The Morgan fingerprint density at radius 3 is 1.55 bits per heavy atom. The fourth-order valence-electron chi connectivity index (χ4n) is 5.29.